The van der Waals surface area contributed by atoms with Crippen LogP contribution in [0.3, 0.4) is 0 Å². The quantitative estimate of drug-likeness (QED) is 0.404. The molecule has 1 saturated carbocycles. The van der Waals surface area contributed by atoms with E-state index in [4.69, 9.17) is 0 Å². The van der Waals surface area contributed by atoms with Crippen molar-refractivity contribution >= 4 is 29.9 Å². The van der Waals surface area contributed by atoms with E-state index < -0.39 is 0 Å². The summed E-state index contributed by atoms with van der Waals surface area (Å²) in [5.74, 6) is 0.967. The molecule has 0 unspecified atom stereocenters. The van der Waals surface area contributed by atoms with E-state index in [1.54, 1.807) is 0 Å². The van der Waals surface area contributed by atoms with Crippen molar-refractivity contribution < 1.29 is 0 Å². The van der Waals surface area contributed by atoms with Crippen LogP contribution in [0.15, 0.2) is 4.99 Å². The number of likely N-dealkylation sites (N-methyl/N-ethyl adjacent to an activating group) is 1. The second kappa shape index (κ2) is 11.8. The maximum Gasteiger partial charge on any atom is 0.191 e. The zero-order chi connectivity index (χ0) is 13.2. The van der Waals surface area contributed by atoms with Gasteiger partial charge >= 0.3 is 0 Å². The van der Waals surface area contributed by atoms with Gasteiger partial charge in [-0.2, -0.15) is 0 Å². The Balaban J connectivity index is 0.00000324. The number of hydrogen-bond acceptors (Lipinski definition) is 2. The summed E-state index contributed by atoms with van der Waals surface area (Å²) in [4.78, 5) is 6.76. The van der Waals surface area contributed by atoms with E-state index >= 15 is 0 Å². The lowest BCUT2D eigenvalue weighted by Gasteiger charge is -2.21. The normalized spacial score (nSPS) is 16.5. The molecular weight excluding hydrogens is 351 g/mol. The van der Waals surface area contributed by atoms with E-state index in [0.29, 0.717) is 6.04 Å². The summed E-state index contributed by atoms with van der Waals surface area (Å²) in [6, 6.07) is 0.633. The third-order valence-corrected chi connectivity index (χ3v) is 3.63. The average molecular weight is 382 g/mol. The highest BCUT2D eigenvalue weighted by molar-refractivity contribution is 14.0. The molecule has 0 bridgehead atoms. The summed E-state index contributed by atoms with van der Waals surface area (Å²) in [6.45, 7) is 8.84. The fourth-order valence-electron chi connectivity index (χ4n) is 2.53. The Morgan fingerprint density at radius 2 is 1.89 bits per heavy atom. The molecule has 0 heterocycles. The van der Waals surface area contributed by atoms with Gasteiger partial charge in [0.05, 0.1) is 0 Å². The van der Waals surface area contributed by atoms with E-state index in [9.17, 15) is 0 Å². The Bertz CT molecular complexity index is 240. The molecule has 0 saturated heterocycles. The zero-order valence-electron chi connectivity index (χ0n) is 12.7. The van der Waals surface area contributed by atoms with E-state index in [-0.39, 0.29) is 24.0 Å². The molecule has 0 aromatic rings. The number of nitrogens with one attached hydrogen (secondary N) is 2. The number of nitrogens with zero attached hydrogens (tertiary/aromatic N) is 2. The van der Waals surface area contributed by atoms with Crippen molar-refractivity contribution in [2.75, 3.05) is 33.2 Å². The highest BCUT2D eigenvalue weighted by atomic mass is 127. The van der Waals surface area contributed by atoms with Gasteiger partial charge in [0.1, 0.15) is 0 Å². The maximum atomic E-state index is 4.30. The van der Waals surface area contributed by atoms with Crippen molar-refractivity contribution in [2.24, 2.45) is 4.99 Å². The molecule has 1 aliphatic rings. The van der Waals surface area contributed by atoms with Crippen LogP contribution >= 0.6 is 24.0 Å². The molecule has 19 heavy (non-hydrogen) atoms. The number of aliphatic imine (C=N–C) groups is 1. The number of hydrogen-bond donors (Lipinski definition) is 2. The van der Waals surface area contributed by atoms with Gasteiger partial charge in [-0.05, 0) is 32.4 Å². The first kappa shape index (κ1) is 19.0. The molecule has 0 amide bonds. The lowest BCUT2D eigenvalue weighted by atomic mass is 10.2. The van der Waals surface area contributed by atoms with Crippen LogP contribution in [0, 0.1) is 0 Å². The smallest absolute Gasteiger partial charge is 0.191 e. The molecular formula is C14H31IN4. The molecule has 114 valence electrons. The third-order valence-electron chi connectivity index (χ3n) is 3.63. The van der Waals surface area contributed by atoms with Crippen LogP contribution < -0.4 is 10.6 Å². The van der Waals surface area contributed by atoms with Crippen LogP contribution in [0.1, 0.15) is 46.0 Å². The van der Waals surface area contributed by atoms with Gasteiger partial charge in [0.25, 0.3) is 0 Å². The standard InChI is InChI=1S/C14H30N4.HI/c1-4-11-18(5-2)12-10-16-14(15-3)17-13-8-6-7-9-13;/h13H,4-12H2,1-3H3,(H2,15,16,17);1H. The lowest BCUT2D eigenvalue weighted by Crippen LogP contribution is -2.45. The SMILES string of the molecule is CCCN(CC)CCNC(=NC)NC1CCCC1.I. The molecule has 1 rings (SSSR count). The molecule has 1 aliphatic carbocycles. The minimum atomic E-state index is 0. The molecule has 4 nitrogen and oxygen atoms in total. The Labute approximate surface area is 135 Å². The van der Waals surface area contributed by atoms with Gasteiger partial charge in [-0.3, -0.25) is 4.99 Å². The molecule has 0 aromatic carbocycles. The van der Waals surface area contributed by atoms with Crippen LogP contribution in [0.5, 0.6) is 0 Å². The maximum absolute atomic E-state index is 4.30. The molecule has 1 fully saturated rings. The van der Waals surface area contributed by atoms with E-state index in [0.717, 1.165) is 25.6 Å². The molecule has 0 aromatic heterocycles. The highest BCUT2D eigenvalue weighted by Gasteiger charge is 2.15. The average Bonchev–Trinajstić information content (AvgIpc) is 2.89. The van der Waals surface area contributed by atoms with Gasteiger partial charge < -0.3 is 15.5 Å². The van der Waals surface area contributed by atoms with E-state index in [1.807, 2.05) is 7.05 Å². The summed E-state index contributed by atoms with van der Waals surface area (Å²) < 4.78 is 0. The van der Waals surface area contributed by atoms with Gasteiger partial charge in [-0.25, -0.2) is 0 Å². The predicted octanol–water partition coefficient (Wildman–Crippen LogP) is 2.44. The monoisotopic (exact) mass is 382 g/mol. The summed E-state index contributed by atoms with van der Waals surface area (Å²) >= 11 is 0. The minimum Gasteiger partial charge on any atom is -0.355 e. The number of guanidine groups is 1. The molecule has 2 N–H and O–H groups in total. The predicted molar refractivity (Wildman–Crippen MR) is 94.6 cm³/mol. The Kier molecular flexibility index (Phi) is 11.7. The number of rotatable bonds is 7. The van der Waals surface area contributed by atoms with Gasteiger partial charge in [0.15, 0.2) is 5.96 Å². The minimum absolute atomic E-state index is 0. The summed E-state index contributed by atoms with van der Waals surface area (Å²) in [5, 5.41) is 6.93. The molecule has 5 heteroatoms. The first-order valence-corrected chi connectivity index (χ1v) is 7.49. The van der Waals surface area contributed by atoms with Gasteiger partial charge in [0, 0.05) is 26.2 Å². The summed E-state index contributed by atoms with van der Waals surface area (Å²) in [7, 11) is 1.86. The van der Waals surface area contributed by atoms with Crippen LogP contribution in [-0.4, -0.2) is 50.1 Å². The van der Waals surface area contributed by atoms with Crippen LogP contribution in [-0.2, 0) is 0 Å². The van der Waals surface area contributed by atoms with Gasteiger partial charge in [-0.1, -0.05) is 26.7 Å². The second-order valence-electron chi connectivity index (χ2n) is 5.06. The van der Waals surface area contributed by atoms with Crippen LogP contribution in [0.2, 0.25) is 0 Å². The zero-order valence-corrected chi connectivity index (χ0v) is 15.1. The van der Waals surface area contributed by atoms with Crippen molar-refractivity contribution in [1.29, 1.82) is 0 Å². The first-order chi connectivity index (χ1) is 8.80. The summed E-state index contributed by atoms with van der Waals surface area (Å²) in [6.07, 6.45) is 6.52. The lowest BCUT2D eigenvalue weighted by molar-refractivity contribution is 0.292. The topological polar surface area (TPSA) is 39.7 Å². The van der Waals surface area contributed by atoms with E-state index in [1.165, 1.54) is 38.6 Å². The largest absolute Gasteiger partial charge is 0.355 e. The van der Waals surface area contributed by atoms with Gasteiger partial charge in [0.2, 0.25) is 0 Å². The van der Waals surface area contributed by atoms with Crippen LogP contribution in [0.25, 0.3) is 0 Å². The Hall–Kier alpha value is -0.0400. The molecule has 0 aliphatic heterocycles. The molecule has 0 radical (unpaired) electrons. The third kappa shape index (κ3) is 7.97. The van der Waals surface area contributed by atoms with Crippen molar-refractivity contribution in [3.05, 3.63) is 0 Å². The Morgan fingerprint density at radius 3 is 2.42 bits per heavy atom. The molecule has 0 atom stereocenters. The van der Waals surface area contributed by atoms with Crippen molar-refractivity contribution in [3.63, 3.8) is 0 Å². The van der Waals surface area contributed by atoms with Crippen molar-refractivity contribution in [3.8, 4) is 0 Å². The summed E-state index contributed by atoms with van der Waals surface area (Å²) in [5.41, 5.74) is 0. The van der Waals surface area contributed by atoms with Gasteiger partial charge in [-0.15, -0.1) is 24.0 Å². The fourth-order valence-corrected chi connectivity index (χ4v) is 2.53. The Morgan fingerprint density at radius 1 is 1.21 bits per heavy atom. The highest BCUT2D eigenvalue weighted by Crippen LogP contribution is 2.17. The van der Waals surface area contributed by atoms with Crippen molar-refractivity contribution in [2.45, 2.75) is 52.0 Å². The van der Waals surface area contributed by atoms with Crippen LogP contribution in [0.4, 0.5) is 0 Å². The van der Waals surface area contributed by atoms with Crippen molar-refractivity contribution in [1.82, 2.24) is 15.5 Å². The van der Waals surface area contributed by atoms with E-state index in [2.05, 4.69) is 34.4 Å². The fraction of sp³-hybridized carbons (Fsp3) is 0.929. The second-order valence-corrected chi connectivity index (χ2v) is 5.06. The first-order valence-electron chi connectivity index (χ1n) is 7.49. The molecule has 0 spiro atoms. The number of halogens is 1.